The van der Waals surface area contributed by atoms with E-state index in [-0.39, 0.29) is 24.8 Å². The summed E-state index contributed by atoms with van der Waals surface area (Å²) in [5.41, 5.74) is 0. The number of hydrogen-bond acceptors (Lipinski definition) is 3. The number of nitrogens with zero attached hydrogens (tertiary/aromatic N) is 1. The van der Waals surface area contributed by atoms with Gasteiger partial charge in [0.25, 0.3) is 0 Å². The van der Waals surface area contributed by atoms with Gasteiger partial charge in [-0.25, -0.2) is 0 Å². The van der Waals surface area contributed by atoms with Gasteiger partial charge in [-0.05, 0) is 26.8 Å². The molecule has 1 rings (SSSR count). The van der Waals surface area contributed by atoms with Crippen molar-refractivity contribution in [3.8, 4) is 0 Å². The van der Waals surface area contributed by atoms with Crippen LogP contribution in [0.5, 0.6) is 0 Å². The Morgan fingerprint density at radius 2 is 1.93 bits per heavy atom. The largest absolute Gasteiger partial charge is 0.395 e. The summed E-state index contributed by atoms with van der Waals surface area (Å²) < 4.78 is 0. The Bertz CT molecular complexity index is 163. The molecule has 0 heterocycles. The van der Waals surface area contributed by atoms with E-state index in [2.05, 4.69) is 4.90 Å². The van der Waals surface area contributed by atoms with Crippen molar-refractivity contribution >= 4 is 0 Å². The van der Waals surface area contributed by atoms with Crippen LogP contribution in [0.25, 0.3) is 0 Å². The first-order valence-electron chi connectivity index (χ1n) is 5.67. The monoisotopic (exact) mass is 201 g/mol. The number of hydrogen-bond donors (Lipinski definition) is 2. The molecule has 0 spiro atoms. The van der Waals surface area contributed by atoms with Crippen molar-refractivity contribution in [2.45, 2.75) is 57.2 Å². The molecule has 0 aromatic carbocycles. The molecule has 14 heavy (non-hydrogen) atoms. The Morgan fingerprint density at radius 3 is 2.57 bits per heavy atom. The molecule has 3 nitrogen and oxygen atoms in total. The minimum Gasteiger partial charge on any atom is -0.395 e. The summed E-state index contributed by atoms with van der Waals surface area (Å²) in [5.74, 6) is 0. The fourth-order valence-electron chi connectivity index (χ4n) is 2.20. The lowest BCUT2D eigenvalue weighted by molar-refractivity contribution is 0.0252. The maximum absolute atomic E-state index is 9.94. The minimum absolute atomic E-state index is 0.146. The average Bonchev–Trinajstić information content (AvgIpc) is 2.40. The van der Waals surface area contributed by atoms with Gasteiger partial charge in [0.05, 0.1) is 12.7 Å². The van der Waals surface area contributed by atoms with E-state index in [0.29, 0.717) is 0 Å². The molecule has 0 saturated heterocycles. The molecular weight excluding hydrogens is 178 g/mol. The van der Waals surface area contributed by atoms with Crippen LogP contribution in [0.15, 0.2) is 0 Å². The van der Waals surface area contributed by atoms with Gasteiger partial charge in [-0.2, -0.15) is 0 Å². The van der Waals surface area contributed by atoms with Gasteiger partial charge < -0.3 is 10.2 Å². The van der Waals surface area contributed by atoms with Crippen LogP contribution in [-0.4, -0.2) is 47.0 Å². The average molecular weight is 201 g/mol. The molecule has 1 fully saturated rings. The Kier molecular flexibility index (Phi) is 4.85. The minimum atomic E-state index is -0.212. The molecule has 1 saturated carbocycles. The Hall–Kier alpha value is -0.120. The summed E-state index contributed by atoms with van der Waals surface area (Å²) in [6, 6.07) is 0.382. The lowest BCUT2D eigenvalue weighted by Crippen LogP contribution is -2.46. The first-order chi connectivity index (χ1) is 6.66. The van der Waals surface area contributed by atoms with Gasteiger partial charge in [0.2, 0.25) is 0 Å². The van der Waals surface area contributed by atoms with Crippen LogP contribution in [0.4, 0.5) is 0 Å². The number of likely N-dealkylation sites (N-methyl/N-ethyl adjacent to an activating group) is 1. The molecule has 3 atom stereocenters. The predicted molar refractivity (Wildman–Crippen MR) is 57.2 cm³/mol. The van der Waals surface area contributed by atoms with E-state index < -0.39 is 0 Å². The molecule has 0 amide bonds. The lowest BCUT2D eigenvalue weighted by atomic mass is 10.0. The maximum atomic E-state index is 9.94. The fourth-order valence-corrected chi connectivity index (χ4v) is 2.20. The molecule has 84 valence electrons. The van der Waals surface area contributed by atoms with Gasteiger partial charge in [0, 0.05) is 12.1 Å². The van der Waals surface area contributed by atoms with E-state index in [0.717, 1.165) is 19.3 Å². The molecule has 0 aromatic heterocycles. The zero-order valence-corrected chi connectivity index (χ0v) is 9.32. The Balaban J connectivity index is 2.53. The highest BCUT2D eigenvalue weighted by atomic mass is 16.3. The van der Waals surface area contributed by atoms with Gasteiger partial charge >= 0.3 is 0 Å². The van der Waals surface area contributed by atoms with Crippen molar-refractivity contribution in [1.82, 2.24) is 4.90 Å². The number of aliphatic hydroxyl groups is 2. The van der Waals surface area contributed by atoms with Crippen LogP contribution in [-0.2, 0) is 0 Å². The molecule has 0 radical (unpaired) electrons. The smallest absolute Gasteiger partial charge is 0.0695 e. The lowest BCUT2D eigenvalue weighted by Gasteiger charge is -2.34. The molecule has 0 aliphatic heterocycles. The van der Waals surface area contributed by atoms with E-state index in [1.54, 1.807) is 0 Å². The van der Waals surface area contributed by atoms with Crippen LogP contribution in [0, 0.1) is 0 Å². The molecule has 1 aliphatic carbocycles. The summed E-state index contributed by atoms with van der Waals surface area (Å²) >= 11 is 0. The first kappa shape index (κ1) is 12.0. The summed E-state index contributed by atoms with van der Waals surface area (Å²) in [7, 11) is 2.00. The zero-order chi connectivity index (χ0) is 10.6. The summed E-state index contributed by atoms with van der Waals surface area (Å²) in [6.07, 6.45) is 5.32. The van der Waals surface area contributed by atoms with Crippen molar-refractivity contribution in [3.05, 3.63) is 0 Å². The highest BCUT2D eigenvalue weighted by molar-refractivity contribution is 4.82. The molecule has 3 unspecified atom stereocenters. The van der Waals surface area contributed by atoms with Gasteiger partial charge in [0.1, 0.15) is 0 Å². The van der Waals surface area contributed by atoms with Crippen LogP contribution in [0.3, 0.4) is 0 Å². The standard InChI is InChI=1S/C11H23NO2/c1-9(8-13)12(2)10-6-4-3-5-7-11(10)14/h9-11,13-14H,3-8H2,1-2H3. The second kappa shape index (κ2) is 5.69. The van der Waals surface area contributed by atoms with Crippen molar-refractivity contribution < 1.29 is 10.2 Å². The normalized spacial score (nSPS) is 31.5. The second-order valence-corrected chi connectivity index (χ2v) is 4.47. The van der Waals surface area contributed by atoms with E-state index >= 15 is 0 Å². The predicted octanol–water partition coefficient (Wildman–Crippen LogP) is 0.993. The number of aliphatic hydroxyl groups excluding tert-OH is 2. The van der Waals surface area contributed by atoms with Crippen molar-refractivity contribution in [2.24, 2.45) is 0 Å². The second-order valence-electron chi connectivity index (χ2n) is 4.47. The molecule has 0 bridgehead atoms. The molecule has 3 heteroatoms. The summed E-state index contributed by atoms with van der Waals surface area (Å²) in [5, 5.41) is 19.0. The molecule has 2 N–H and O–H groups in total. The molecule has 0 aromatic rings. The van der Waals surface area contributed by atoms with Crippen LogP contribution < -0.4 is 0 Å². The third kappa shape index (κ3) is 2.94. The summed E-state index contributed by atoms with van der Waals surface area (Å²) in [4.78, 5) is 2.12. The van der Waals surface area contributed by atoms with Crippen LogP contribution >= 0.6 is 0 Å². The topological polar surface area (TPSA) is 43.7 Å². The van der Waals surface area contributed by atoms with Crippen molar-refractivity contribution in [3.63, 3.8) is 0 Å². The van der Waals surface area contributed by atoms with Crippen molar-refractivity contribution in [2.75, 3.05) is 13.7 Å². The van der Waals surface area contributed by atoms with Gasteiger partial charge in [-0.1, -0.05) is 19.3 Å². The quantitative estimate of drug-likeness (QED) is 0.669. The first-order valence-corrected chi connectivity index (χ1v) is 5.67. The van der Waals surface area contributed by atoms with E-state index in [9.17, 15) is 5.11 Å². The van der Waals surface area contributed by atoms with E-state index in [1.165, 1.54) is 12.8 Å². The van der Waals surface area contributed by atoms with Crippen LogP contribution in [0.2, 0.25) is 0 Å². The van der Waals surface area contributed by atoms with E-state index in [4.69, 9.17) is 5.11 Å². The Morgan fingerprint density at radius 1 is 1.29 bits per heavy atom. The van der Waals surface area contributed by atoms with Gasteiger partial charge in [0.15, 0.2) is 0 Å². The van der Waals surface area contributed by atoms with Crippen LogP contribution in [0.1, 0.15) is 39.0 Å². The number of rotatable bonds is 3. The van der Waals surface area contributed by atoms with Gasteiger partial charge in [-0.3, -0.25) is 4.90 Å². The fraction of sp³-hybridized carbons (Fsp3) is 1.00. The molecular formula is C11H23NO2. The highest BCUT2D eigenvalue weighted by Crippen LogP contribution is 2.22. The Labute approximate surface area is 86.7 Å². The maximum Gasteiger partial charge on any atom is 0.0695 e. The zero-order valence-electron chi connectivity index (χ0n) is 9.32. The third-order valence-electron chi connectivity index (χ3n) is 3.43. The third-order valence-corrected chi connectivity index (χ3v) is 3.43. The van der Waals surface area contributed by atoms with E-state index in [1.807, 2.05) is 14.0 Å². The highest BCUT2D eigenvalue weighted by Gasteiger charge is 2.27. The molecule has 1 aliphatic rings. The summed E-state index contributed by atoms with van der Waals surface area (Å²) in [6.45, 7) is 2.16. The van der Waals surface area contributed by atoms with Gasteiger partial charge in [-0.15, -0.1) is 0 Å². The SMILES string of the molecule is CC(CO)N(C)C1CCCCCC1O. The van der Waals surface area contributed by atoms with Crippen molar-refractivity contribution in [1.29, 1.82) is 0 Å².